The van der Waals surface area contributed by atoms with Gasteiger partial charge in [0.25, 0.3) is 11.8 Å². The van der Waals surface area contributed by atoms with E-state index >= 15 is 0 Å². The second kappa shape index (κ2) is 12.1. The largest absolute Gasteiger partial charge is 0.378 e. The molecule has 9 heteroatoms. The molecule has 1 fully saturated rings. The molecular weight excluding hydrogens is 530 g/mol. The van der Waals surface area contributed by atoms with Crippen molar-refractivity contribution in [2.45, 2.75) is 6.92 Å². The van der Waals surface area contributed by atoms with Gasteiger partial charge < -0.3 is 24.8 Å². The first-order valence-electron chi connectivity index (χ1n) is 13.7. The van der Waals surface area contributed by atoms with Crippen LogP contribution in [0, 0.1) is 6.92 Å². The summed E-state index contributed by atoms with van der Waals surface area (Å²) < 4.78 is 10.6. The molecule has 5 aromatic rings. The predicted molar refractivity (Wildman–Crippen MR) is 162 cm³/mol. The van der Waals surface area contributed by atoms with Gasteiger partial charge in [-0.2, -0.15) is 0 Å². The number of anilines is 3. The zero-order valence-corrected chi connectivity index (χ0v) is 23.0. The van der Waals surface area contributed by atoms with E-state index in [9.17, 15) is 9.59 Å². The Labute approximate surface area is 243 Å². The van der Waals surface area contributed by atoms with Gasteiger partial charge in [-0.1, -0.05) is 11.2 Å². The minimum Gasteiger partial charge on any atom is -0.378 e. The van der Waals surface area contributed by atoms with Crippen LogP contribution < -0.4 is 15.5 Å². The number of carbonyl (C=O) groups is 2. The van der Waals surface area contributed by atoms with Gasteiger partial charge in [0.15, 0.2) is 5.76 Å². The van der Waals surface area contributed by atoms with Crippen LogP contribution in [-0.2, 0) is 4.74 Å². The van der Waals surface area contributed by atoms with Gasteiger partial charge in [-0.05, 0) is 85.3 Å². The quantitative estimate of drug-likeness (QED) is 0.250. The van der Waals surface area contributed by atoms with Crippen LogP contribution in [-0.4, -0.2) is 48.3 Å². The van der Waals surface area contributed by atoms with Crippen molar-refractivity contribution in [3.05, 3.63) is 114 Å². The lowest BCUT2D eigenvalue weighted by atomic mass is 10.0. The summed E-state index contributed by atoms with van der Waals surface area (Å²) in [4.78, 5) is 32.7. The van der Waals surface area contributed by atoms with Crippen molar-refractivity contribution in [1.29, 1.82) is 0 Å². The summed E-state index contributed by atoms with van der Waals surface area (Å²) in [7, 11) is 0. The first-order chi connectivity index (χ1) is 20.5. The number of nitrogens with zero attached hydrogens (tertiary/aromatic N) is 3. The first kappa shape index (κ1) is 26.9. The monoisotopic (exact) mass is 559 g/mol. The maximum absolute atomic E-state index is 13.1. The Morgan fingerprint density at radius 3 is 2.10 bits per heavy atom. The smallest absolute Gasteiger partial charge is 0.257 e. The number of aryl methyl sites for hydroxylation is 1. The number of amides is 2. The molecule has 1 aliphatic heterocycles. The molecule has 3 aromatic carbocycles. The lowest BCUT2D eigenvalue weighted by Crippen LogP contribution is -2.36. The van der Waals surface area contributed by atoms with Gasteiger partial charge in [-0.25, -0.2) is 0 Å². The third-order valence-corrected chi connectivity index (χ3v) is 7.17. The molecule has 210 valence electrons. The molecule has 0 aliphatic carbocycles. The van der Waals surface area contributed by atoms with Gasteiger partial charge >= 0.3 is 0 Å². The number of hydrogen-bond acceptors (Lipinski definition) is 7. The van der Waals surface area contributed by atoms with Gasteiger partial charge in [0.05, 0.1) is 30.7 Å². The first-order valence-corrected chi connectivity index (χ1v) is 13.7. The van der Waals surface area contributed by atoms with Crippen molar-refractivity contribution in [3.63, 3.8) is 0 Å². The van der Waals surface area contributed by atoms with Crippen LogP contribution in [0.25, 0.3) is 22.6 Å². The molecule has 42 heavy (non-hydrogen) atoms. The van der Waals surface area contributed by atoms with Crippen LogP contribution in [0.2, 0.25) is 0 Å². The van der Waals surface area contributed by atoms with Gasteiger partial charge in [0.1, 0.15) is 0 Å². The molecule has 2 amide bonds. The van der Waals surface area contributed by atoms with E-state index in [2.05, 4.69) is 25.7 Å². The Hall–Kier alpha value is -5.28. The molecule has 3 heterocycles. The van der Waals surface area contributed by atoms with E-state index in [-0.39, 0.29) is 11.8 Å². The highest BCUT2D eigenvalue weighted by molar-refractivity contribution is 6.05. The normalized spacial score (nSPS) is 13.0. The van der Waals surface area contributed by atoms with Crippen molar-refractivity contribution in [2.75, 3.05) is 41.8 Å². The molecule has 2 N–H and O–H groups in total. The van der Waals surface area contributed by atoms with Crippen LogP contribution in [0.3, 0.4) is 0 Å². The van der Waals surface area contributed by atoms with E-state index in [1.807, 2.05) is 55.5 Å². The molecule has 2 aromatic heterocycles. The lowest BCUT2D eigenvalue weighted by molar-refractivity contribution is 0.101. The third kappa shape index (κ3) is 6.06. The molecule has 0 radical (unpaired) electrons. The molecule has 0 bridgehead atoms. The molecular formula is C33H29N5O4. The van der Waals surface area contributed by atoms with Crippen LogP contribution in [0.4, 0.5) is 17.1 Å². The molecule has 1 saturated heterocycles. The Morgan fingerprint density at radius 2 is 1.45 bits per heavy atom. The van der Waals surface area contributed by atoms with E-state index in [1.165, 1.54) is 6.20 Å². The number of nitrogens with one attached hydrogen (secondary N) is 2. The Bertz CT molecular complexity index is 1680. The van der Waals surface area contributed by atoms with E-state index < -0.39 is 0 Å². The Morgan fingerprint density at radius 1 is 0.786 bits per heavy atom. The summed E-state index contributed by atoms with van der Waals surface area (Å²) >= 11 is 0. The summed E-state index contributed by atoms with van der Waals surface area (Å²) in [6, 6.07) is 26.0. The second-order valence-electron chi connectivity index (χ2n) is 9.97. The van der Waals surface area contributed by atoms with Gasteiger partial charge in [-0.15, -0.1) is 0 Å². The Balaban J connectivity index is 1.11. The summed E-state index contributed by atoms with van der Waals surface area (Å²) in [5, 5.41) is 9.58. The van der Waals surface area contributed by atoms with Crippen LogP contribution in [0.1, 0.15) is 26.3 Å². The standard InChI is InChI=1S/C33H29N5O4/c1-22-2-3-24(32(39)36-27-9-11-28(12-10-27)38-16-18-41-19-17-38)20-29(22)30-13-6-25(21-34-30)33(40)37-26-7-4-23(5-8-26)31-14-15-35-42-31/h2-15,20-21H,16-19H2,1H3,(H,36,39)(H,37,40). The highest BCUT2D eigenvalue weighted by Gasteiger charge is 2.14. The summed E-state index contributed by atoms with van der Waals surface area (Å²) in [5.74, 6) is 0.175. The number of hydrogen-bond donors (Lipinski definition) is 2. The fourth-order valence-electron chi connectivity index (χ4n) is 4.79. The van der Waals surface area contributed by atoms with E-state index in [0.717, 1.165) is 54.4 Å². The predicted octanol–water partition coefficient (Wildman–Crippen LogP) is 6.05. The number of morpholine rings is 1. The molecule has 1 aliphatic rings. The number of rotatable bonds is 7. The third-order valence-electron chi connectivity index (χ3n) is 7.17. The van der Waals surface area contributed by atoms with Crippen molar-refractivity contribution in [3.8, 4) is 22.6 Å². The SMILES string of the molecule is Cc1ccc(C(=O)Nc2ccc(N3CCOCC3)cc2)cc1-c1ccc(C(=O)Nc2ccc(-c3ccno3)cc2)cn1. The van der Waals surface area contributed by atoms with E-state index in [4.69, 9.17) is 9.26 Å². The summed E-state index contributed by atoms with van der Waals surface area (Å²) in [5.41, 5.74) is 6.75. The molecule has 0 spiro atoms. The van der Waals surface area contributed by atoms with Gasteiger partial charge in [0, 0.05) is 59.1 Å². The van der Waals surface area contributed by atoms with E-state index in [0.29, 0.717) is 28.3 Å². The fraction of sp³-hybridized carbons (Fsp3) is 0.152. The number of pyridine rings is 1. The van der Waals surface area contributed by atoms with Crippen molar-refractivity contribution in [1.82, 2.24) is 10.1 Å². The minimum atomic E-state index is -0.272. The number of benzene rings is 3. The van der Waals surface area contributed by atoms with Crippen LogP contribution in [0.15, 0.2) is 102 Å². The number of carbonyl (C=O) groups excluding carboxylic acids is 2. The maximum atomic E-state index is 13.1. The highest BCUT2D eigenvalue weighted by atomic mass is 16.5. The Kier molecular flexibility index (Phi) is 7.74. The van der Waals surface area contributed by atoms with Crippen molar-refractivity contribution >= 4 is 28.9 Å². The number of ether oxygens (including phenoxy) is 1. The molecule has 9 nitrogen and oxygen atoms in total. The topological polar surface area (TPSA) is 110 Å². The summed E-state index contributed by atoms with van der Waals surface area (Å²) in [6.45, 7) is 5.12. The highest BCUT2D eigenvalue weighted by Crippen LogP contribution is 2.25. The van der Waals surface area contributed by atoms with Crippen molar-refractivity contribution in [2.24, 2.45) is 0 Å². The van der Waals surface area contributed by atoms with Gasteiger partial charge in [-0.3, -0.25) is 14.6 Å². The number of aromatic nitrogens is 2. The van der Waals surface area contributed by atoms with Crippen LogP contribution in [0.5, 0.6) is 0 Å². The average Bonchev–Trinajstić information content (AvgIpc) is 3.58. The average molecular weight is 560 g/mol. The summed E-state index contributed by atoms with van der Waals surface area (Å²) in [6.07, 6.45) is 3.12. The molecule has 6 rings (SSSR count). The van der Waals surface area contributed by atoms with E-state index in [1.54, 1.807) is 42.6 Å². The zero-order chi connectivity index (χ0) is 28.9. The zero-order valence-electron chi connectivity index (χ0n) is 23.0. The molecule has 0 atom stereocenters. The maximum Gasteiger partial charge on any atom is 0.257 e. The molecule has 0 saturated carbocycles. The lowest BCUT2D eigenvalue weighted by Gasteiger charge is -2.28. The minimum absolute atomic E-state index is 0.208. The second-order valence-corrected chi connectivity index (χ2v) is 9.97. The van der Waals surface area contributed by atoms with Gasteiger partial charge in [0.2, 0.25) is 0 Å². The van der Waals surface area contributed by atoms with Crippen LogP contribution >= 0.6 is 0 Å². The molecule has 0 unspecified atom stereocenters. The van der Waals surface area contributed by atoms with Crippen molar-refractivity contribution < 1.29 is 18.8 Å². The fourth-order valence-corrected chi connectivity index (χ4v) is 4.79.